The van der Waals surface area contributed by atoms with Crippen molar-refractivity contribution in [2.45, 2.75) is 26.3 Å². The zero-order valence-corrected chi connectivity index (χ0v) is 18.0. The van der Waals surface area contributed by atoms with Crippen molar-refractivity contribution in [3.8, 4) is 0 Å². The molecule has 4 rings (SSSR count). The van der Waals surface area contributed by atoms with Gasteiger partial charge in [0.25, 0.3) is 0 Å². The molecule has 0 saturated carbocycles. The van der Waals surface area contributed by atoms with Gasteiger partial charge in [-0.1, -0.05) is 36.4 Å². The van der Waals surface area contributed by atoms with E-state index in [0.717, 1.165) is 28.6 Å². The number of nitrogens with zero attached hydrogens (tertiary/aromatic N) is 2. The Balaban J connectivity index is 1.62. The second-order valence-corrected chi connectivity index (χ2v) is 7.63. The Morgan fingerprint density at radius 3 is 2.03 bits per heavy atom. The van der Waals surface area contributed by atoms with Gasteiger partial charge in [-0.05, 0) is 61.4 Å². The summed E-state index contributed by atoms with van der Waals surface area (Å²) in [6.45, 7) is 3.93. The van der Waals surface area contributed by atoms with Crippen molar-refractivity contribution in [2.75, 3.05) is 16.0 Å². The number of guanidine groups is 2. The van der Waals surface area contributed by atoms with E-state index in [4.69, 9.17) is 0 Å². The summed E-state index contributed by atoms with van der Waals surface area (Å²) in [4.78, 5) is 8.95. The Hall–Kier alpha value is -4.01. The average Bonchev–Trinajstić information content (AvgIpc) is 2.73. The smallest absolute Gasteiger partial charge is 0.345 e. The van der Waals surface area contributed by atoms with Gasteiger partial charge in [0.1, 0.15) is 0 Å². The van der Waals surface area contributed by atoms with Crippen LogP contribution >= 0.6 is 0 Å². The van der Waals surface area contributed by atoms with Gasteiger partial charge in [0.05, 0.1) is 11.3 Å². The number of para-hydroxylation sites is 1. The molecule has 0 amide bonds. The quantitative estimate of drug-likeness (QED) is 0.418. The van der Waals surface area contributed by atoms with E-state index in [0.29, 0.717) is 5.96 Å². The van der Waals surface area contributed by atoms with Crippen LogP contribution in [0.1, 0.15) is 16.7 Å². The lowest BCUT2D eigenvalue weighted by Gasteiger charge is -2.24. The lowest BCUT2D eigenvalue weighted by atomic mass is 10.1. The largest absolute Gasteiger partial charge is 0.418 e. The van der Waals surface area contributed by atoms with Gasteiger partial charge in [-0.3, -0.25) is 5.32 Å². The number of alkyl halides is 3. The second kappa shape index (κ2) is 9.23. The zero-order chi connectivity index (χ0) is 23.4. The number of benzene rings is 3. The highest BCUT2D eigenvalue weighted by Crippen LogP contribution is 2.34. The summed E-state index contributed by atoms with van der Waals surface area (Å²) in [6.07, 6.45) is -5.27. The minimum absolute atomic E-state index is 0.109. The highest BCUT2D eigenvalue weighted by atomic mass is 19.4. The van der Waals surface area contributed by atoms with Gasteiger partial charge in [-0.25, -0.2) is 9.98 Å². The highest BCUT2D eigenvalue weighted by Gasteiger charge is 2.33. The third-order valence-electron chi connectivity index (χ3n) is 4.82. The molecule has 1 atom stereocenters. The fourth-order valence-electron chi connectivity index (χ4n) is 3.35. The zero-order valence-electron chi connectivity index (χ0n) is 18.0. The fourth-order valence-corrected chi connectivity index (χ4v) is 3.35. The van der Waals surface area contributed by atoms with Crippen molar-refractivity contribution in [3.63, 3.8) is 0 Å². The Kier molecular flexibility index (Phi) is 6.21. The lowest BCUT2D eigenvalue weighted by Crippen LogP contribution is -2.45. The predicted molar refractivity (Wildman–Crippen MR) is 126 cm³/mol. The van der Waals surface area contributed by atoms with Gasteiger partial charge < -0.3 is 16.0 Å². The molecule has 0 aromatic heterocycles. The number of anilines is 3. The first-order valence-electron chi connectivity index (χ1n) is 10.3. The molecular formula is C24H23F3N6. The predicted octanol–water partition coefficient (Wildman–Crippen LogP) is 5.56. The number of aliphatic imine (C=N–C) groups is 2. The molecule has 33 heavy (non-hydrogen) atoms. The molecule has 170 valence electrons. The van der Waals surface area contributed by atoms with Crippen LogP contribution in [0.15, 0.2) is 82.8 Å². The molecule has 0 bridgehead atoms. The maximum Gasteiger partial charge on any atom is 0.418 e. The van der Waals surface area contributed by atoms with Gasteiger partial charge >= 0.3 is 6.18 Å². The Labute approximate surface area is 189 Å². The summed E-state index contributed by atoms with van der Waals surface area (Å²) in [7, 11) is 0. The minimum atomic E-state index is -4.51. The monoisotopic (exact) mass is 452 g/mol. The molecule has 0 aliphatic carbocycles. The van der Waals surface area contributed by atoms with E-state index in [1.54, 1.807) is 0 Å². The van der Waals surface area contributed by atoms with Gasteiger partial charge in [0.15, 0.2) is 0 Å². The molecule has 3 aromatic rings. The molecule has 1 aliphatic rings. The molecular weight excluding hydrogens is 429 g/mol. The van der Waals surface area contributed by atoms with Crippen LogP contribution in [0.4, 0.5) is 30.2 Å². The van der Waals surface area contributed by atoms with Crippen molar-refractivity contribution in [2.24, 2.45) is 9.98 Å². The van der Waals surface area contributed by atoms with Crippen LogP contribution in [0, 0.1) is 13.8 Å². The normalized spacial score (nSPS) is 15.7. The summed E-state index contributed by atoms with van der Waals surface area (Å²) in [5, 5.41) is 12.1. The second-order valence-electron chi connectivity index (χ2n) is 7.63. The standard InChI is InChI=1S/C24H23F3N6/c1-15-7-5-9-17(13-15)28-21-31-22(29-18-10-6-8-16(2)14-18)33-23(32-21)30-20-12-4-3-11-19(20)24(25,26)27/h3-14,21,28H,1-2H3,(H3,29,30,31,32,33). The van der Waals surface area contributed by atoms with Gasteiger partial charge in [0, 0.05) is 11.4 Å². The lowest BCUT2D eigenvalue weighted by molar-refractivity contribution is -0.136. The number of halogens is 3. The molecule has 9 heteroatoms. The molecule has 0 saturated heterocycles. The topological polar surface area (TPSA) is 72.8 Å². The molecule has 1 heterocycles. The Morgan fingerprint density at radius 2 is 1.36 bits per heavy atom. The number of hydrogen-bond acceptors (Lipinski definition) is 6. The summed E-state index contributed by atoms with van der Waals surface area (Å²) in [6, 6.07) is 20.6. The van der Waals surface area contributed by atoms with Crippen molar-refractivity contribution < 1.29 is 13.2 Å². The maximum absolute atomic E-state index is 13.5. The third-order valence-corrected chi connectivity index (χ3v) is 4.82. The third kappa shape index (κ3) is 5.82. The summed E-state index contributed by atoms with van der Waals surface area (Å²) < 4.78 is 40.4. The molecule has 0 radical (unpaired) electrons. The molecule has 1 aliphatic heterocycles. The molecule has 0 spiro atoms. The molecule has 4 N–H and O–H groups in total. The fraction of sp³-hybridized carbons (Fsp3) is 0.167. The summed E-state index contributed by atoms with van der Waals surface area (Å²) in [5.74, 6) is 0.467. The van der Waals surface area contributed by atoms with Crippen LogP contribution in [-0.2, 0) is 6.18 Å². The van der Waals surface area contributed by atoms with Crippen LogP contribution in [0.5, 0.6) is 0 Å². The molecule has 3 aromatic carbocycles. The van der Waals surface area contributed by atoms with Gasteiger partial charge in [-0.15, -0.1) is 0 Å². The Morgan fingerprint density at radius 1 is 0.758 bits per heavy atom. The van der Waals surface area contributed by atoms with E-state index < -0.39 is 18.0 Å². The van der Waals surface area contributed by atoms with E-state index in [9.17, 15) is 13.2 Å². The maximum atomic E-state index is 13.5. The van der Waals surface area contributed by atoms with Crippen LogP contribution in [0.3, 0.4) is 0 Å². The van der Waals surface area contributed by atoms with E-state index in [-0.39, 0.29) is 11.6 Å². The molecule has 1 unspecified atom stereocenters. The van der Waals surface area contributed by atoms with Gasteiger partial charge in [0.2, 0.25) is 18.2 Å². The summed E-state index contributed by atoms with van der Waals surface area (Å²) >= 11 is 0. The van der Waals surface area contributed by atoms with Crippen molar-refractivity contribution in [1.29, 1.82) is 0 Å². The van der Waals surface area contributed by atoms with Crippen molar-refractivity contribution in [3.05, 3.63) is 89.5 Å². The van der Waals surface area contributed by atoms with Gasteiger partial charge in [-0.2, -0.15) is 13.2 Å². The van der Waals surface area contributed by atoms with Crippen LogP contribution in [0.25, 0.3) is 0 Å². The highest BCUT2D eigenvalue weighted by molar-refractivity contribution is 6.11. The first-order chi connectivity index (χ1) is 15.8. The van der Waals surface area contributed by atoms with Crippen LogP contribution < -0.4 is 21.3 Å². The SMILES string of the molecule is Cc1cccc(NC2=NC(Nc3cccc(C)c3)N=C(Nc3ccccc3C(F)(F)F)N2)c1. The molecule has 0 fully saturated rings. The van der Waals surface area contributed by atoms with E-state index in [1.165, 1.54) is 18.2 Å². The number of hydrogen-bond donors (Lipinski definition) is 4. The van der Waals surface area contributed by atoms with Crippen molar-refractivity contribution in [1.82, 2.24) is 5.32 Å². The number of rotatable bonds is 4. The summed E-state index contributed by atoms with van der Waals surface area (Å²) in [5.41, 5.74) is 2.79. The first-order valence-corrected chi connectivity index (χ1v) is 10.3. The average molecular weight is 452 g/mol. The van der Waals surface area contributed by atoms with E-state index in [1.807, 2.05) is 62.4 Å². The van der Waals surface area contributed by atoms with E-state index >= 15 is 0 Å². The van der Waals surface area contributed by atoms with Crippen LogP contribution in [0.2, 0.25) is 0 Å². The van der Waals surface area contributed by atoms with E-state index in [2.05, 4.69) is 31.3 Å². The number of nitrogens with one attached hydrogen (secondary N) is 4. The Bertz CT molecular complexity index is 1200. The number of aryl methyl sites for hydroxylation is 2. The van der Waals surface area contributed by atoms with Crippen molar-refractivity contribution >= 4 is 29.0 Å². The molecule has 6 nitrogen and oxygen atoms in total. The first kappa shape index (κ1) is 22.2. The minimum Gasteiger partial charge on any atom is -0.345 e. The van der Waals surface area contributed by atoms with Crippen LogP contribution in [-0.4, -0.2) is 18.2 Å².